The Balaban J connectivity index is 1.61. The summed E-state index contributed by atoms with van der Waals surface area (Å²) in [7, 11) is 1.59. The molecule has 0 unspecified atom stereocenters. The van der Waals surface area contributed by atoms with E-state index in [1.54, 1.807) is 13.2 Å². The minimum Gasteiger partial charge on any atom is -0.497 e. The number of nitrogens with one attached hydrogen (secondary N) is 2. The molecule has 0 bridgehead atoms. The Morgan fingerprint density at radius 2 is 1.75 bits per heavy atom. The van der Waals surface area contributed by atoms with Gasteiger partial charge in [-0.3, -0.25) is 4.79 Å². The van der Waals surface area contributed by atoms with Crippen LogP contribution in [-0.2, 0) is 6.54 Å². The third-order valence-electron chi connectivity index (χ3n) is 3.94. The van der Waals surface area contributed by atoms with Gasteiger partial charge in [0.1, 0.15) is 11.4 Å². The molecule has 0 aliphatic heterocycles. The quantitative estimate of drug-likeness (QED) is 0.617. The molecule has 28 heavy (non-hydrogen) atoms. The van der Waals surface area contributed by atoms with Crippen molar-refractivity contribution >= 4 is 17.3 Å². The first-order chi connectivity index (χ1) is 13.5. The first kappa shape index (κ1) is 19.2. The number of aromatic nitrogens is 1. The number of rotatable bonds is 6. The second-order valence-corrected chi connectivity index (χ2v) is 5.81. The number of pyridine rings is 1. The number of ether oxygens (including phenoxy) is 1. The molecule has 8 heteroatoms. The Hall–Kier alpha value is -3.55. The number of nitrogens with zero attached hydrogens (tertiary/aromatic N) is 1. The van der Waals surface area contributed by atoms with Crippen molar-refractivity contribution in [3.8, 4) is 5.75 Å². The summed E-state index contributed by atoms with van der Waals surface area (Å²) in [6.07, 6.45) is 1.44. The van der Waals surface area contributed by atoms with Crippen LogP contribution in [-0.4, -0.2) is 18.0 Å². The highest BCUT2D eigenvalue weighted by Gasteiger charge is 2.16. The van der Waals surface area contributed by atoms with E-state index >= 15 is 0 Å². The molecule has 3 aromatic rings. The first-order valence-electron chi connectivity index (χ1n) is 8.25. The standard InChI is InChI=1S/C20H16F3N3O2/c1-28-14-5-2-12(3-6-14)10-24-13-4-8-17(25-11-13)20(27)26-16-9-7-15(21)18(22)19(16)23/h2-9,11,24H,10H2,1H3,(H,26,27). The maximum absolute atomic E-state index is 13.6. The number of hydrogen-bond acceptors (Lipinski definition) is 4. The molecule has 2 aromatic carbocycles. The fraction of sp³-hybridized carbons (Fsp3) is 0.100. The monoisotopic (exact) mass is 387 g/mol. The summed E-state index contributed by atoms with van der Waals surface area (Å²) in [4.78, 5) is 16.1. The zero-order valence-corrected chi connectivity index (χ0v) is 14.8. The average Bonchev–Trinajstić information content (AvgIpc) is 2.73. The van der Waals surface area contributed by atoms with Crippen LogP contribution in [0.15, 0.2) is 54.7 Å². The van der Waals surface area contributed by atoms with E-state index in [1.165, 1.54) is 12.3 Å². The predicted octanol–water partition coefficient (Wildman–Crippen LogP) is 4.37. The Kier molecular flexibility index (Phi) is 5.78. The number of hydrogen-bond donors (Lipinski definition) is 2. The van der Waals surface area contributed by atoms with Crippen LogP contribution in [0.4, 0.5) is 24.5 Å². The summed E-state index contributed by atoms with van der Waals surface area (Å²) < 4.78 is 44.9. The molecular weight excluding hydrogens is 371 g/mol. The molecule has 0 saturated carbocycles. The van der Waals surface area contributed by atoms with E-state index in [1.807, 2.05) is 24.3 Å². The molecule has 0 fully saturated rings. The molecule has 0 aliphatic carbocycles. The van der Waals surface area contributed by atoms with Crippen molar-refractivity contribution in [1.29, 1.82) is 0 Å². The third kappa shape index (κ3) is 4.40. The molecule has 3 rings (SSSR count). The molecule has 5 nitrogen and oxygen atoms in total. The lowest BCUT2D eigenvalue weighted by molar-refractivity contribution is 0.102. The molecule has 0 aliphatic rings. The molecule has 1 amide bonds. The largest absolute Gasteiger partial charge is 0.497 e. The second-order valence-electron chi connectivity index (χ2n) is 5.81. The maximum atomic E-state index is 13.6. The first-order valence-corrected chi connectivity index (χ1v) is 8.25. The van der Waals surface area contributed by atoms with E-state index in [0.29, 0.717) is 12.2 Å². The van der Waals surface area contributed by atoms with E-state index < -0.39 is 29.0 Å². The highest BCUT2D eigenvalue weighted by Crippen LogP contribution is 2.20. The lowest BCUT2D eigenvalue weighted by atomic mass is 10.2. The van der Waals surface area contributed by atoms with Gasteiger partial charge < -0.3 is 15.4 Å². The van der Waals surface area contributed by atoms with E-state index in [9.17, 15) is 18.0 Å². The second kappa shape index (κ2) is 8.43. The van der Waals surface area contributed by atoms with Gasteiger partial charge in [0.2, 0.25) is 0 Å². The van der Waals surface area contributed by atoms with Gasteiger partial charge in [-0.05, 0) is 42.0 Å². The number of amides is 1. The zero-order valence-electron chi connectivity index (χ0n) is 14.8. The van der Waals surface area contributed by atoms with E-state index in [-0.39, 0.29) is 5.69 Å². The van der Waals surface area contributed by atoms with Crippen molar-refractivity contribution < 1.29 is 22.7 Å². The number of benzene rings is 2. The Morgan fingerprint density at radius 3 is 2.39 bits per heavy atom. The summed E-state index contributed by atoms with van der Waals surface area (Å²) in [5.41, 5.74) is 1.23. The molecule has 0 spiro atoms. The fourth-order valence-corrected chi connectivity index (χ4v) is 2.39. The van der Waals surface area contributed by atoms with Gasteiger partial charge in [-0.25, -0.2) is 18.2 Å². The van der Waals surface area contributed by atoms with Crippen LogP contribution in [0.3, 0.4) is 0 Å². The van der Waals surface area contributed by atoms with Gasteiger partial charge in [0.05, 0.1) is 24.7 Å². The van der Waals surface area contributed by atoms with Gasteiger partial charge in [0.25, 0.3) is 5.91 Å². The predicted molar refractivity (Wildman–Crippen MR) is 98.8 cm³/mol. The number of anilines is 2. The van der Waals surface area contributed by atoms with Crippen molar-refractivity contribution in [2.24, 2.45) is 0 Å². The lowest BCUT2D eigenvalue weighted by Gasteiger charge is -2.09. The molecule has 0 atom stereocenters. The van der Waals surface area contributed by atoms with Crippen molar-refractivity contribution in [3.05, 3.63) is 83.4 Å². The summed E-state index contributed by atoms with van der Waals surface area (Å²) in [5, 5.41) is 5.32. The molecular formula is C20H16F3N3O2. The maximum Gasteiger partial charge on any atom is 0.274 e. The number of methoxy groups -OCH3 is 1. The van der Waals surface area contributed by atoms with Gasteiger partial charge in [-0.1, -0.05) is 12.1 Å². The minimum absolute atomic E-state index is 0.000805. The van der Waals surface area contributed by atoms with Gasteiger partial charge in [-0.15, -0.1) is 0 Å². The van der Waals surface area contributed by atoms with Gasteiger partial charge >= 0.3 is 0 Å². The molecule has 2 N–H and O–H groups in total. The molecule has 144 valence electrons. The number of carbonyl (C=O) groups is 1. The highest BCUT2D eigenvalue weighted by atomic mass is 19.2. The number of carbonyl (C=O) groups excluding carboxylic acids is 1. The molecule has 1 aromatic heterocycles. The Labute approximate surface area is 159 Å². The highest BCUT2D eigenvalue weighted by molar-refractivity contribution is 6.03. The molecule has 0 radical (unpaired) electrons. The SMILES string of the molecule is COc1ccc(CNc2ccc(C(=O)Nc3ccc(F)c(F)c3F)nc2)cc1. The van der Waals surface area contributed by atoms with Crippen molar-refractivity contribution in [2.45, 2.75) is 6.54 Å². The van der Waals surface area contributed by atoms with Crippen molar-refractivity contribution in [1.82, 2.24) is 4.98 Å². The van der Waals surface area contributed by atoms with Gasteiger partial charge in [0.15, 0.2) is 17.5 Å². The van der Waals surface area contributed by atoms with E-state index in [4.69, 9.17) is 4.74 Å². The number of halogens is 3. The topological polar surface area (TPSA) is 63.2 Å². The van der Waals surface area contributed by atoms with E-state index in [0.717, 1.165) is 23.4 Å². The van der Waals surface area contributed by atoms with E-state index in [2.05, 4.69) is 15.6 Å². The van der Waals surface area contributed by atoms with Crippen LogP contribution in [0.25, 0.3) is 0 Å². The van der Waals surface area contributed by atoms with Crippen LogP contribution in [0.1, 0.15) is 16.1 Å². The lowest BCUT2D eigenvalue weighted by Crippen LogP contribution is -2.15. The summed E-state index contributed by atoms with van der Waals surface area (Å²) >= 11 is 0. The zero-order chi connectivity index (χ0) is 20.1. The Morgan fingerprint density at radius 1 is 1.00 bits per heavy atom. The normalized spacial score (nSPS) is 10.4. The summed E-state index contributed by atoms with van der Waals surface area (Å²) in [6, 6.07) is 12.3. The Bertz CT molecular complexity index is 977. The molecule has 1 heterocycles. The van der Waals surface area contributed by atoms with Gasteiger partial charge in [0, 0.05) is 6.54 Å². The summed E-state index contributed by atoms with van der Waals surface area (Å²) in [6.45, 7) is 0.539. The van der Waals surface area contributed by atoms with Crippen molar-refractivity contribution in [2.75, 3.05) is 17.7 Å². The minimum atomic E-state index is -1.65. The third-order valence-corrected chi connectivity index (χ3v) is 3.94. The van der Waals surface area contributed by atoms with Crippen molar-refractivity contribution in [3.63, 3.8) is 0 Å². The smallest absolute Gasteiger partial charge is 0.274 e. The molecule has 0 saturated heterocycles. The van der Waals surface area contributed by atoms with Crippen LogP contribution in [0, 0.1) is 17.5 Å². The van der Waals surface area contributed by atoms with Crippen LogP contribution < -0.4 is 15.4 Å². The average molecular weight is 387 g/mol. The van der Waals surface area contributed by atoms with Crippen LogP contribution in [0.2, 0.25) is 0 Å². The van der Waals surface area contributed by atoms with Gasteiger partial charge in [-0.2, -0.15) is 0 Å². The summed E-state index contributed by atoms with van der Waals surface area (Å²) in [5.74, 6) is -4.43. The fourth-order valence-electron chi connectivity index (χ4n) is 2.39. The van der Waals surface area contributed by atoms with Crippen LogP contribution >= 0.6 is 0 Å². The van der Waals surface area contributed by atoms with Crippen LogP contribution in [0.5, 0.6) is 5.75 Å².